The molecule has 0 aromatic carbocycles. The molecule has 1 aliphatic heterocycles. The Kier molecular flexibility index (Phi) is 4.05. The van der Waals surface area contributed by atoms with E-state index in [1.54, 1.807) is 6.20 Å². The Morgan fingerprint density at radius 2 is 2.17 bits per heavy atom. The predicted molar refractivity (Wildman–Crippen MR) is 91.8 cm³/mol. The summed E-state index contributed by atoms with van der Waals surface area (Å²) in [4.78, 5) is 8.24. The van der Waals surface area contributed by atoms with Gasteiger partial charge < -0.3 is 5.32 Å². The van der Waals surface area contributed by atoms with Crippen LogP contribution in [0.15, 0.2) is 42.3 Å². The molecular weight excluding hydrogens is 307 g/mol. The minimum Gasteiger partial charge on any atom is -0.367 e. The largest absolute Gasteiger partial charge is 0.367 e. The molecule has 1 unspecified atom stereocenters. The van der Waals surface area contributed by atoms with Gasteiger partial charge in [-0.2, -0.15) is 10.4 Å². The van der Waals surface area contributed by atoms with Crippen molar-refractivity contribution in [3.63, 3.8) is 0 Å². The maximum atomic E-state index is 8.88. The molecule has 2 aromatic heterocycles. The van der Waals surface area contributed by atoms with Crippen molar-refractivity contribution < 1.29 is 0 Å². The minimum atomic E-state index is 0.168. The van der Waals surface area contributed by atoms with Crippen LogP contribution in [0.5, 0.6) is 0 Å². The molecule has 114 valence electrons. The lowest BCUT2D eigenvalue weighted by atomic mass is 10.1. The third kappa shape index (κ3) is 3.05. The van der Waals surface area contributed by atoms with Crippen molar-refractivity contribution in [2.45, 2.75) is 13.8 Å². The van der Waals surface area contributed by atoms with Crippen molar-refractivity contribution in [2.75, 3.05) is 0 Å². The maximum Gasteiger partial charge on any atom is 0.232 e. The van der Waals surface area contributed by atoms with Crippen molar-refractivity contribution in [1.29, 1.82) is 5.26 Å². The summed E-state index contributed by atoms with van der Waals surface area (Å²) in [5.41, 5.74) is 4.34. The first-order valence-corrected chi connectivity index (χ1v) is 7.57. The quantitative estimate of drug-likeness (QED) is 0.859. The first-order valence-electron chi connectivity index (χ1n) is 6.99. The van der Waals surface area contributed by atoms with Crippen LogP contribution in [-0.4, -0.2) is 19.7 Å². The molecule has 0 spiro atoms. The van der Waals surface area contributed by atoms with Gasteiger partial charge in [-0.05, 0) is 36.9 Å². The van der Waals surface area contributed by atoms with Crippen LogP contribution in [0.3, 0.4) is 0 Å². The molecule has 3 heterocycles. The number of nitriles is 1. The number of nitrogens with zero attached hydrogens (tertiary/aromatic N) is 5. The van der Waals surface area contributed by atoms with Crippen LogP contribution < -0.4 is 5.32 Å². The van der Waals surface area contributed by atoms with Gasteiger partial charge in [-0.1, -0.05) is 0 Å². The molecule has 0 saturated heterocycles. The van der Waals surface area contributed by atoms with Gasteiger partial charge in [-0.15, -0.1) is 9.24 Å². The van der Waals surface area contributed by atoms with E-state index in [-0.39, 0.29) is 5.82 Å². The van der Waals surface area contributed by atoms with E-state index in [1.165, 1.54) is 0 Å². The second-order valence-corrected chi connectivity index (χ2v) is 5.79. The normalized spacial score (nSPS) is 13.7. The highest BCUT2D eigenvalue weighted by atomic mass is 31.0. The molecular formula is C16H15N6P. The van der Waals surface area contributed by atoms with E-state index < -0.39 is 0 Å². The van der Waals surface area contributed by atoms with Gasteiger partial charge in [0.2, 0.25) is 5.82 Å². The monoisotopic (exact) mass is 322 g/mol. The summed E-state index contributed by atoms with van der Waals surface area (Å²) >= 11 is 0. The minimum absolute atomic E-state index is 0.168. The average Bonchev–Trinajstić information content (AvgIpc) is 2.77. The third-order valence-electron chi connectivity index (χ3n) is 3.41. The highest BCUT2D eigenvalue weighted by Gasteiger charge is 2.14. The predicted octanol–water partition coefficient (Wildman–Crippen LogP) is 2.50. The van der Waals surface area contributed by atoms with E-state index in [0.717, 1.165) is 33.5 Å². The van der Waals surface area contributed by atoms with Gasteiger partial charge in [-0.3, -0.25) is 0 Å². The zero-order valence-corrected chi connectivity index (χ0v) is 13.9. The van der Waals surface area contributed by atoms with E-state index >= 15 is 0 Å². The zero-order valence-electron chi connectivity index (χ0n) is 12.8. The molecule has 1 atom stereocenters. The fraction of sp³-hybridized carbons (Fsp3) is 0.125. The Bertz CT molecular complexity index is 898. The summed E-state index contributed by atoms with van der Waals surface area (Å²) in [6.45, 7) is 3.85. The summed E-state index contributed by atoms with van der Waals surface area (Å²) in [6.07, 6.45) is 11.3. The van der Waals surface area contributed by atoms with E-state index in [1.807, 2.05) is 55.3 Å². The van der Waals surface area contributed by atoms with Gasteiger partial charge in [0, 0.05) is 30.4 Å². The third-order valence-corrected chi connectivity index (χ3v) is 3.74. The number of nitrogens with one attached hydrogen (secondary N) is 1. The van der Waals surface area contributed by atoms with Crippen LogP contribution in [0.25, 0.3) is 17.0 Å². The van der Waals surface area contributed by atoms with Crippen LogP contribution in [0.1, 0.15) is 17.1 Å². The van der Waals surface area contributed by atoms with Crippen molar-refractivity contribution >= 4 is 14.9 Å². The molecule has 1 aliphatic rings. The van der Waals surface area contributed by atoms with Crippen LogP contribution in [0.4, 0.5) is 0 Å². The van der Waals surface area contributed by atoms with E-state index in [0.29, 0.717) is 0 Å². The van der Waals surface area contributed by atoms with Crippen LogP contribution >= 0.6 is 9.24 Å². The Balaban J connectivity index is 2.06. The molecule has 0 aliphatic carbocycles. The van der Waals surface area contributed by atoms with Crippen LogP contribution in [0.2, 0.25) is 0 Å². The molecule has 0 radical (unpaired) electrons. The summed E-state index contributed by atoms with van der Waals surface area (Å²) in [7, 11) is 2.66. The number of allylic oxidation sites excluding steroid dienone is 4. The summed E-state index contributed by atoms with van der Waals surface area (Å²) in [5.74, 6) is 0.168. The summed E-state index contributed by atoms with van der Waals surface area (Å²) in [5, 5.41) is 17.6. The molecule has 0 saturated carbocycles. The number of rotatable bonds is 2. The lowest BCUT2D eigenvalue weighted by molar-refractivity contribution is 0.910. The molecule has 6 nitrogen and oxygen atoms in total. The number of aryl methyl sites for hydroxylation is 2. The Morgan fingerprint density at radius 1 is 1.35 bits per heavy atom. The Hall–Kier alpha value is -2.77. The first kappa shape index (κ1) is 15.1. The second-order valence-electron chi connectivity index (χ2n) is 5.12. The SMILES string of the molecule is Cc1cn(C2=CC(P)=CNC=C2)nc1-c1cnc(C#N)nc1C. The maximum absolute atomic E-state index is 8.88. The molecule has 0 amide bonds. The Labute approximate surface area is 136 Å². The van der Waals surface area contributed by atoms with Crippen molar-refractivity contribution in [3.8, 4) is 17.3 Å². The van der Waals surface area contributed by atoms with Crippen molar-refractivity contribution in [3.05, 3.63) is 59.3 Å². The molecule has 3 rings (SSSR count). The molecule has 0 bridgehead atoms. The molecule has 23 heavy (non-hydrogen) atoms. The van der Waals surface area contributed by atoms with Crippen LogP contribution in [-0.2, 0) is 0 Å². The number of hydrogen-bond donors (Lipinski definition) is 1. The van der Waals surface area contributed by atoms with Gasteiger partial charge >= 0.3 is 0 Å². The zero-order chi connectivity index (χ0) is 16.4. The highest BCUT2D eigenvalue weighted by molar-refractivity contribution is 7.23. The average molecular weight is 322 g/mol. The summed E-state index contributed by atoms with van der Waals surface area (Å²) < 4.78 is 1.82. The Morgan fingerprint density at radius 3 is 2.91 bits per heavy atom. The van der Waals surface area contributed by atoms with Gasteiger partial charge in [0.15, 0.2) is 0 Å². The first-order chi connectivity index (χ1) is 11.1. The van der Waals surface area contributed by atoms with Crippen molar-refractivity contribution in [1.82, 2.24) is 25.1 Å². The number of aromatic nitrogens is 4. The summed E-state index contributed by atoms with van der Waals surface area (Å²) in [6, 6.07) is 1.95. The van der Waals surface area contributed by atoms with Gasteiger partial charge in [0.05, 0.1) is 17.1 Å². The van der Waals surface area contributed by atoms with Gasteiger partial charge in [-0.25, -0.2) is 14.6 Å². The smallest absolute Gasteiger partial charge is 0.232 e. The van der Waals surface area contributed by atoms with E-state index in [2.05, 4.69) is 29.6 Å². The fourth-order valence-corrected chi connectivity index (χ4v) is 2.56. The highest BCUT2D eigenvalue weighted by Crippen LogP contribution is 2.25. The molecule has 1 N–H and O–H groups in total. The molecule has 2 aromatic rings. The van der Waals surface area contributed by atoms with Crippen LogP contribution in [0, 0.1) is 25.2 Å². The van der Waals surface area contributed by atoms with Gasteiger partial charge in [0.1, 0.15) is 6.07 Å². The lowest BCUT2D eigenvalue weighted by Crippen LogP contribution is -1.98. The molecule has 0 fully saturated rings. The lowest BCUT2D eigenvalue weighted by Gasteiger charge is -2.03. The van der Waals surface area contributed by atoms with Crippen molar-refractivity contribution in [2.24, 2.45) is 0 Å². The second kappa shape index (κ2) is 6.15. The number of hydrogen-bond acceptors (Lipinski definition) is 5. The van der Waals surface area contributed by atoms with E-state index in [4.69, 9.17) is 5.26 Å². The molecule has 7 heteroatoms. The van der Waals surface area contributed by atoms with E-state index in [9.17, 15) is 0 Å². The van der Waals surface area contributed by atoms with Gasteiger partial charge in [0.25, 0.3) is 0 Å². The fourth-order valence-electron chi connectivity index (χ4n) is 2.29. The standard InChI is InChI=1S/C16H15N6P/c1-10-9-22(12-3-4-18-7-13(23)5-12)21-16(10)14-8-19-15(6-17)20-11(14)2/h3-5,7-9,18H,23H2,1-2H3. The topological polar surface area (TPSA) is 79.4 Å².